The summed E-state index contributed by atoms with van der Waals surface area (Å²) < 4.78 is 3.47. The molecule has 320 valence electrons. The van der Waals surface area contributed by atoms with Crippen LogP contribution in [-0.4, -0.2) is 15.0 Å². The number of pyridine rings is 1. The van der Waals surface area contributed by atoms with Crippen LogP contribution in [0.5, 0.6) is 0 Å². The summed E-state index contributed by atoms with van der Waals surface area (Å²) >= 11 is 3.68. The first-order valence-electron chi connectivity index (χ1n) is 21.9. The summed E-state index contributed by atoms with van der Waals surface area (Å²) in [5.74, 6) is 0.727. The van der Waals surface area contributed by atoms with Gasteiger partial charge in [0.2, 0.25) is 0 Å². The first-order valence-corrected chi connectivity index (χ1v) is 23.5. The summed E-state index contributed by atoms with van der Waals surface area (Å²) in [6.45, 7) is 22.7. The van der Waals surface area contributed by atoms with E-state index in [0.717, 1.165) is 60.6 Å². The van der Waals surface area contributed by atoms with Crippen molar-refractivity contribution < 1.29 is 21.1 Å². The van der Waals surface area contributed by atoms with Gasteiger partial charge in [0.1, 0.15) is 5.82 Å². The second-order valence-corrected chi connectivity index (χ2v) is 21.7. The number of hydrogen-bond acceptors (Lipinski definition) is 5. The van der Waals surface area contributed by atoms with Gasteiger partial charge in [0.15, 0.2) is 0 Å². The Morgan fingerprint density at radius 3 is 2.00 bits per heavy atom. The van der Waals surface area contributed by atoms with Crippen molar-refractivity contribution in [2.75, 3.05) is 0 Å². The van der Waals surface area contributed by atoms with Gasteiger partial charge in [-0.15, -0.1) is 64.8 Å². The number of thiophene rings is 2. The molecule has 0 aliphatic heterocycles. The molecule has 0 saturated heterocycles. The predicted octanol–water partition coefficient (Wildman–Crippen LogP) is 16.4. The molecule has 6 aromatic carbocycles. The third kappa shape index (κ3) is 7.54. The van der Waals surface area contributed by atoms with Crippen LogP contribution in [0.3, 0.4) is 0 Å². The smallest absolute Gasteiger partial charge is 0.300 e. The molecule has 6 heteroatoms. The maximum Gasteiger partial charge on any atom is 2.00 e. The van der Waals surface area contributed by atoms with Gasteiger partial charge in [-0.2, -0.15) is 11.3 Å². The molecule has 4 heterocycles. The topological polar surface area (TPSA) is 38.7 Å². The minimum absolute atomic E-state index is 0. The molecule has 4 aromatic heterocycles. The van der Waals surface area contributed by atoms with Crippen LogP contribution in [-0.2, 0) is 37.3 Å². The zero-order chi connectivity index (χ0) is 44.0. The van der Waals surface area contributed by atoms with Crippen molar-refractivity contribution in [1.29, 1.82) is 0 Å². The summed E-state index contributed by atoms with van der Waals surface area (Å²) in [5, 5.41) is 4.70. The van der Waals surface area contributed by atoms with Gasteiger partial charge in [0.05, 0.1) is 10.9 Å². The zero-order valence-electron chi connectivity index (χ0n) is 38.1. The van der Waals surface area contributed by atoms with E-state index >= 15 is 0 Å². The minimum Gasteiger partial charge on any atom is -0.300 e. The van der Waals surface area contributed by atoms with Crippen LogP contribution < -0.4 is 0 Å². The van der Waals surface area contributed by atoms with Gasteiger partial charge in [-0.05, 0) is 106 Å². The number of hydrogen-bond donors (Lipinski definition) is 0. The average molecular weight is 1050 g/mol. The Hall–Kier alpha value is -5.32. The third-order valence-electron chi connectivity index (χ3n) is 12.5. The van der Waals surface area contributed by atoms with Crippen molar-refractivity contribution in [3.8, 4) is 44.8 Å². The molecule has 64 heavy (non-hydrogen) atoms. The van der Waals surface area contributed by atoms with Crippen molar-refractivity contribution in [2.45, 2.75) is 85.5 Å². The molecule has 0 atom stereocenters. The van der Waals surface area contributed by atoms with Gasteiger partial charge in [-0.1, -0.05) is 137 Å². The first-order chi connectivity index (χ1) is 30.1. The Morgan fingerprint density at radius 1 is 0.578 bits per heavy atom. The largest absolute Gasteiger partial charge is 2.00 e. The Balaban J connectivity index is 0.00000518. The molecule has 0 fully saturated rings. The summed E-state index contributed by atoms with van der Waals surface area (Å²) in [6, 6.07) is 53.2. The van der Waals surface area contributed by atoms with E-state index < -0.39 is 5.41 Å². The number of fused-ring (bicyclic) bond motifs is 6. The Morgan fingerprint density at radius 2 is 1.30 bits per heavy atom. The molecule has 0 saturated carbocycles. The molecule has 0 aliphatic rings. The molecular weight excluding hydrogens is 998 g/mol. The number of rotatable bonds is 6. The van der Waals surface area contributed by atoms with E-state index in [1.54, 1.807) is 11.3 Å². The Labute approximate surface area is 400 Å². The fourth-order valence-electron chi connectivity index (χ4n) is 9.07. The van der Waals surface area contributed by atoms with Crippen molar-refractivity contribution >= 4 is 63.8 Å². The maximum absolute atomic E-state index is 5.78. The first kappa shape index (κ1) is 43.9. The fraction of sp³-hybridized carbons (Fsp3) is 0.224. The maximum atomic E-state index is 5.78. The second-order valence-electron chi connectivity index (χ2n) is 19.6. The van der Waals surface area contributed by atoms with Crippen LogP contribution in [0.15, 0.2) is 127 Å². The van der Waals surface area contributed by atoms with Crippen molar-refractivity contribution in [3.63, 3.8) is 0 Å². The van der Waals surface area contributed by atoms with E-state index in [1.165, 1.54) is 58.4 Å². The summed E-state index contributed by atoms with van der Waals surface area (Å²) in [6.07, 6.45) is 0. The number of benzene rings is 6. The van der Waals surface area contributed by atoms with Crippen molar-refractivity contribution in [3.05, 3.63) is 173 Å². The van der Waals surface area contributed by atoms with Crippen molar-refractivity contribution in [1.82, 2.24) is 15.0 Å². The standard InChI is InChI=1S/C58H51N3S2.Pt/c1-34-20-19-21-35(2)47(34)39-31-44(36-22-13-11-14-23-36)59-46(32-39)58(9,10)55-60-50-42-33-40(56(3,4)5)28-29-45(42)62-53(50)51(61-55)43-30-38-26-17-18-27-41(38)49-48(37-24-15-12-16-25-37)54(57(6,7)8)63-52(43)49;/h11-22,24-29,31-33H,1-10H3;/q-2;+2. The van der Waals surface area contributed by atoms with Crippen molar-refractivity contribution in [2.24, 2.45) is 0 Å². The molecule has 0 bridgehead atoms. The summed E-state index contributed by atoms with van der Waals surface area (Å²) in [4.78, 5) is 18.3. The second kappa shape index (κ2) is 16.3. The molecule has 0 N–H and O–H groups in total. The van der Waals surface area contributed by atoms with Gasteiger partial charge in [-0.25, -0.2) is 4.98 Å². The van der Waals surface area contributed by atoms with E-state index in [-0.39, 0.29) is 31.9 Å². The quantitative estimate of drug-likeness (QED) is 0.156. The van der Waals surface area contributed by atoms with Gasteiger partial charge in [0.25, 0.3) is 0 Å². The zero-order valence-corrected chi connectivity index (χ0v) is 42.0. The van der Waals surface area contributed by atoms with Gasteiger partial charge in [-0.3, -0.25) is 4.98 Å². The molecule has 0 amide bonds. The summed E-state index contributed by atoms with van der Waals surface area (Å²) in [7, 11) is 0. The molecule has 10 rings (SSSR count). The van der Waals surface area contributed by atoms with Gasteiger partial charge in [0, 0.05) is 31.1 Å². The van der Waals surface area contributed by atoms with Crippen LogP contribution in [0.4, 0.5) is 0 Å². The molecule has 0 aliphatic carbocycles. The van der Waals surface area contributed by atoms with Crippen LogP contribution in [0, 0.1) is 26.0 Å². The Bertz CT molecular complexity index is 3380. The molecule has 0 unspecified atom stereocenters. The van der Waals surface area contributed by atoms with E-state index in [1.807, 2.05) is 23.5 Å². The third-order valence-corrected chi connectivity index (χ3v) is 15.3. The molecular formula is C58H51N3PtS2. The molecule has 3 nitrogen and oxygen atoms in total. The SMILES string of the molecule is Cc1cccc(C)c1-c1cc(-c2[c-]cccc2)nc(C(C)(C)c2nc(-c3[c-]c4ccccc4c4c(-c5ccccc5)c(C(C)(C)C)sc34)c3sc4ccc(C(C)(C)C)cc4c3n2)c1.[Pt+2]. The summed E-state index contributed by atoms with van der Waals surface area (Å²) in [5.41, 5.74) is 13.4. The average Bonchev–Trinajstić information content (AvgIpc) is 3.86. The molecule has 0 spiro atoms. The minimum atomic E-state index is -0.716. The molecule has 10 aromatic rings. The molecule has 0 radical (unpaired) electrons. The van der Waals surface area contributed by atoms with Crippen LogP contribution in [0.2, 0.25) is 0 Å². The van der Waals surface area contributed by atoms with E-state index in [4.69, 9.17) is 15.0 Å². The van der Waals surface area contributed by atoms with E-state index in [0.29, 0.717) is 0 Å². The van der Waals surface area contributed by atoms with Crippen LogP contribution >= 0.6 is 22.7 Å². The van der Waals surface area contributed by atoms with Crippen LogP contribution in [0.25, 0.3) is 85.9 Å². The number of aryl methyl sites for hydroxylation is 2. The van der Waals surface area contributed by atoms with E-state index in [2.05, 4.69) is 197 Å². The van der Waals surface area contributed by atoms with Crippen LogP contribution in [0.1, 0.15) is 88.5 Å². The number of aromatic nitrogens is 3. The Kier molecular flexibility index (Phi) is 11.2. The normalized spacial score (nSPS) is 12.4. The van der Waals surface area contributed by atoms with E-state index in [9.17, 15) is 0 Å². The fourth-order valence-corrected chi connectivity index (χ4v) is 11.6. The monoisotopic (exact) mass is 1050 g/mol. The predicted molar refractivity (Wildman–Crippen MR) is 270 cm³/mol. The van der Waals surface area contributed by atoms with Gasteiger partial charge < -0.3 is 4.98 Å². The number of nitrogens with zero attached hydrogens (tertiary/aromatic N) is 3. The van der Waals surface area contributed by atoms with Gasteiger partial charge >= 0.3 is 21.1 Å².